The quantitative estimate of drug-likeness (QED) is 0.829. The first kappa shape index (κ1) is 14.3. The van der Waals surface area contributed by atoms with Gasteiger partial charge in [-0.2, -0.15) is 0 Å². The highest BCUT2D eigenvalue weighted by Crippen LogP contribution is 2.29. The minimum atomic E-state index is 0.372. The van der Waals surface area contributed by atoms with Gasteiger partial charge >= 0.3 is 0 Å². The lowest BCUT2D eigenvalue weighted by atomic mass is 9.84. The van der Waals surface area contributed by atoms with Gasteiger partial charge in [-0.3, -0.25) is 0 Å². The first-order valence-electron chi connectivity index (χ1n) is 7.76. The summed E-state index contributed by atoms with van der Waals surface area (Å²) < 4.78 is 0. The highest BCUT2D eigenvalue weighted by molar-refractivity contribution is 4.89. The second-order valence-electron chi connectivity index (χ2n) is 6.74. The fourth-order valence-corrected chi connectivity index (χ4v) is 3.60. The molecule has 0 aliphatic carbocycles. The predicted molar refractivity (Wildman–Crippen MR) is 77.6 cm³/mol. The number of nitrogens with zero attached hydrogens (tertiary/aromatic N) is 2. The SMILES string of the molecule is CC(C)C(N)CCN1CCC2C(CCCN2C)C1. The second-order valence-corrected chi connectivity index (χ2v) is 6.74. The van der Waals surface area contributed by atoms with Crippen molar-refractivity contribution in [3.63, 3.8) is 0 Å². The van der Waals surface area contributed by atoms with Gasteiger partial charge in [-0.25, -0.2) is 0 Å². The molecular weight excluding hydrogens is 222 g/mol. The molecule has 2 N–H and O–H groups in total. The Labute approximate surface area is 113 Å². The minimum Gasteiger partial charge on any atom is -0.327 e. The molecule has 0 aromatic carbocycles. The van der Waals surface area contributed by atoms with Gasteiger partial charge in [0.1, 0.15) is 0 Å². The number of nitrogens with two attached hydrogens (primary N) is 1. The molecule has 0 bridgehead atoms. The Balaban J connectivity index is 1.76. The predicted octanol–water partition coefficient (Wildman–Crippen LogP) is 1.78. The molecule has 0 aromatic rings. The molecule has 2 heterocycles. The van der Waals surface area contributed by atoms with Crippen LogP contribution in [0.3, 0.4) is 0 Å². The topological polar surface area (TPSA) is 32.5 Å². The van der Waals surface area contributed by atoms with Crippen molar-refractivity contribution in [2.45, 2.75) is 51.6 Å². The molecule has 3 atom stereocenters. The lowest BCUT2D eigenvalue weighted by molar-refractivity contribution is 0.0371. The van der Waals surface area contributed by atoms with E-state index in [2.05, 4.69) is 30.7 Å². The summed E-state index contributed by atoms with van der Waals surface area (Å²) in [6, 6.07) is 1.23. The Kier molecular flexibility index (Phi) is 5.05. The Morgan fingerprint density at radius 1 is 1.22 bits per heavy atom. The van der Waals surface area contributed by atoms with E-state index < -0.39 is 0 Å². The molecule has 3 heteroatoms. The Morgan fingerprint density at radius 3 is 2.72 bits per heavy atom. The van der Waals surface area contributed by atoms with Crippen molar-refractivity contribution < 1.29 is 0 Å². The fourth-order valence-electron chi connectivity index (χ4n) is 3.60. The zero-order chi connectivity index (χ0) is 13.1. The fraction of sp³-hybridized carbons (Fsp3) is 1.00. The lowest BCUT2D eigenvalue weighted by Crippen LogP contribution is -2.53. The number of likely N-dealkylation sites (tertiary alicyclic amines) is 2. The van der Waals surface area contributed by atoms with E-state index in [1.54, 1.807) is 0 Å². The van der Waals surface area contributed by atoms with Crippen molar-refractivity contribution in [3.8, 4) is 0 Å². The average molecular weight is 253 g/mol. The maximum absolute atomic E-state index is 6.15. The summed E-state index contributed by atoms with van der Waals surface area (Å²) in [4.78, 5) is 5.24. The summed E-state index contributed by atoms with van der Waals surface area (Å²) in [5.74, 6) is 1.52. The van der Waals surface area contributed by atoms with Crippen molar-refractivity contribution >= 4 is 0 Å². The van der Waals surface area contributed by atoms with Crippen molar-refractivity contribution in [3.05, 3.63) is 0 Å². The van der Waals surface area contributed by atoms with Gasteiger partial charge in [0.25, 0.3) is 0 Å². The van der Waals surface area contributed by atoms with Crippen molar-refractivity contribution in [1.82, 2.24) is 9.80 Å². The molecule has 0 spiro atoms. The van der Waals surface area contributed by atoms with E-state index in [0.29, 0.717) is 12.0 Å². The molecular formula is C15H31N3. The van der Waals surface area contributed by atoms with Gasteiger partial charge in [0.2, 0.25) is 0 Å². The highest BCUT2D eigenvalue weighted by Gasteiger charge is 2.33. The van der Waals surface area contributed by atoms with Gasteiger partial charge < -0.3 is 15.5 Å². The molecule has 0 radical (unpaired) electrons. The first-order chi connectivity index (χ1) is 8.58. The number of hydrogen-bond acceptors (Lipinski definition) is 3. The smallest absolute Gasteiger partial charge is 0.0145 e. The third kappa shape index (κ3) is 3.46. The molecule has 18 heavy (non-hydrogen) atoms. The Morgan fingerprint density at radius 2 is 2.00 bits per heavy atom. The summed E-state index contributed by atoms with van der Waals surface area (Å²) in [5, 5.41) is 0. The van der Waals surface area contributed by atoms with Gasteiger partial charge in [-0.15, -0.1) is 0 Å². The molecule has 2 aliphatic rings. The number of fused-ring (bicyclic) bond motifs is 1. The number of hydrogen-bond donors (Lipinski definition) is 1. The van der Waals surface area contributed by atoms with Crippen LogP contribution >= 0.6 is 0 Å². The van der Waals surface area contributed by atoms with Crippen molar-refractivity contribution in [2.75, 3.05) is 33.2 Å². The summed E-state index contributed by atoms with van der Waals surface area (Å²) in [5.41, 5.74) is 6.15. The van der Waals surface area contributed by atoms with Gasteiger partial charge in [0, 0.05) is 18.6 Å². The normalized spacial score (nSPS) is 32.5. The monoisotopic (exact) mass is 253 g/mol. The minimum absolute atomic E-state index is 0.372. The van der Waals surface area contributed by atoms with Gasteiger partial charge in [0.15, 0.2) is 0 Å². The molecule has 3 unspecified atom stereocenters. The number of piperidine rings is 2. The number of rotatable bonds is 4. The molecule has 2 rings (SSSR count). The van der Waals surface area contributed by atoms with E-state index in [4.69, 9.17) is 5.73 Å². The lowest BCUT2D eigenvalue weighted by Gasteiger charge is -2.46. The van der Waals surface area contributed by atoms with Crippen LogP contribution in [0.1, 0.15) is 39.5 Å². The van der Waals surface area contributed by atoms with Crippen LogP contribution in [0.15, 0.2) is 0 Å². The van der Waals surface area contributed by atoms with Crippen molar-refractivity contribution in [1.29, 1.82) is 0 Å². The molecule has 2 saturated heterocycles. The summed E-state index contributed by atoms with van der Waals surface area (Å²) in [7, 11) is 2.31. The highest BCUT2D eigenvalue weighted by atomic mass is 15.2. The van der Waals surface area contributed by atoms with E-state index in [-0.39, 0.29) is 0 Å². The molecule has 0 aromatic heterocycles. The largest absolute Gasteiger partial charge is 0.327 e. The van der Waals surface area contributed by atoms with E-state index in [0.717, 1.165) is 18.4 Å². The summed E-state index contributed by atoms with van der Waals surface area (Å²) in [6.45, 7) is 9.54. The van der Waals surface area contributed by atoms with Crippen LogP contribution in [0.2, 0.25) is 0 Å². The molecule has 2 aliphatic heterocycles. The summed E-state index contributed by atoms with van der Waals surface area (Å²) in [6.07, 6.45) is 5.34. The zero-order valence-corrected chi connectivity index (χ0v) is 12.4. The van der Waals surface area contributed by atoms with Crippen molar-refractivity contribution in [2.24, 2.45) is 17.6 Å². The third-order valence-corrected chi connectivity index (χ3v) is 5.06. The van der Waals surface area contributed by atoms with Crippen LogP contribution in [0.5, 0.6) is 0 Å². The van der Waals surface area contributed by atoms with E-state index in [9.17, 15) is 0 Å². The van der Waals surface area contributed by atoms with Crippen LogP contribution in [-0.4, -0.2) is 55.1 Å². The van der Waals surface area contributed by atoms with Gasteiger partial charge in [-0.05, 0) is 64.2 Å². The van der Waals surface area contributed by atoms with Crippen LogP contribution in [0.4, 0.5) is 0 Å². The molecule has 2 fully saturated rings. The van der Waals surface area contributed by atoms with E-state index in [1.165, 1.54) is 45.4 Å². The maximum atomic E-state index is 6.15. The molecule has 106 valence electrons. The van der Waals surface area contributed by atoms with Crippen LogP contribution < -0.4 is 5.73 Å². The molecule has 0 amide bonds. The standard InChI is InChI=1S/C15H31N3/c1-12(2)14(16)6-9-18-10-7-15-13(11-18)5-4-8-17(15)3/h12-15H,4-11,16H2,1-3H3. The second kappa shape index (κ2) is 6.36. The van der Waals surface area contributed by atoms with Crippen LogP contribution in [-0.2, 0) is 0 Å². The van der Waals surface area contributed by atoms with Gasteiger partial charge in [0.05, 0.1) is 0 Å². The van der Waals surface area contributed by atoms with E-state index in [1.807, 2.05) is 0 Å². The molecule has 3 nitrogen and oxygen atoms in total. The van der Waals surface area contributed by atoms with E-state index >= 15 is 0 Å². The first-order valence-corrected chi connectivity index (χ1v) is 7.76. The van der Waals surface area contributed by atoms with Gasteiger partial charge in [-0.1, -0.05) is 13.8 Å². The van der Waals surface area contributed by atoms with Crippen LogP contribution in [0.25, 0.3) is 0 Å². The third-order valence-electron chi connectivity index (χ3n) is 5.06. The Bertz CT molecular complexity index is 254. The summed E-state index contributed by atoms with van der Waals surface area (Å²) >= 11 is 0. The maximum Gasteiger partial charge on any atom is 0.0145 e. The average Bonchev–Trinajstić information content (AvgIpc) is 2.36. The molecule has 0 saturated carbocycles. The zero-order valence-electron chi connectivity index (χ0n) is 12.4. The van der Waals surface area contributed by atoms with Crippen LogP contribution in [0, 0.1) is 11.8 Å². The Hall–Kier alpha value is -0.120.